The maximum Gasteiger partial charge on any atom is 0.294 e. The first-order valence-corrected chi connectivity index (χ1v) is 10.1. The van der Waals surface area contributed by atoms with Gasteiger partial charge in [0.25, 0.3) is 20.2 Å². The fraction of sp³-hybridized carbons (Fsp3) is 0.250. The fourth-order valence-electron chi connectivity index (χ4n) is 1.42. The number of rotatable bonds is 2. The van der Waals surface area contributed by atoms with E-state index in [2.05, 4.69) is 0 Å². The fourth-order valence-corrected chi connectivity index (χ4v) is 2.38. The van der Waals surface area contributed by atoms with E-state index < -0.39 is 20.2 Å². The summed E-state index contributed by atoms with van der Waals surface area (Å²) in [6, 6.07) is 12.0. The quantitative estimate of drug-likeness (QED) is 0.671. The molecule has 0 radical (unpaired) electrons. The predicted octanol–water partition coefficient (Wildman–Crippen LogP) is 2.45. The van der Waals surface area contributed by atoms with Gasteiger partial charge in [-0.2, -0.15) is 16.8 Å². The molecule has 25 heavy (non-hydrogen) atoms. The standard InChI is InChI=1S/2C7H8O3S.C2H7N/c2*1-6-2-4-7(5-3-6)11(8,9)10;1-2-3/h2*2-5H,1H3,(H,8,9,10);2-3H2,1H3. The van der Waals surface area contributed by atoms with Crippen LogP contribution in [0.2, 0.25) is 0 Å². The maximum atomic E-state index is 10.5. The highest BCUT2D eigenvalue weighted by Crippen LogP contribution is 2.09. The van der Waals surface area contributed by atoms with Crippen LogP contribution in [-0.4, -0.2) is 32.5 Å². The van der Waals surface area contributed by atoms with Crippen molar-refractivity contribution in [2.45, 2.75) is 30.6 Å². The topological polar surface area (TPSA) is 135 Å². The molecule has 0 unspecified atom stereocenters. The van der Waals surface area contributed by atoms with Crippen molar-refractivity contribution in [2.75, 3.05) is 6.54 Å². The van der Waals surface area contributed by atoms with Crippen molar-refractivity contribution < 1.29 is 25.9 Å². The first kappa shape index (κ1) is 23.2. The Morgan fingerprint density at radius 2 is 0.920 bits per heavy atom. The lowest BCUT2D eigenvalue weighted by Gasteiger charge is -1.95. The zero-order chi connectivity index (χ0) is 19.7. The molecule has 7 nitrogen and oxygen atoms in total. The summed E-state index contributed by atoms with van der Waals surface area (Å²) in [5.41, 5.74) is 6.76. The highest BCUT2D eigenvalue weighted by atomic mass is 32.2. The van der Waals surface area contributed by atoms with Gasteiger partial charge in [-0.25, -0.2) is 0 Å². The third-order valence-electron chi connectivity index (χ3n) is 2.64. The van der Waals surface area contributed by atoms with E-state index >= 15 is 0 Å². The molecule has 4 N–H and O–H groups in total. The molecule has 0 saturated heterocycles. The first-order chi connectivity index (χ1) is 11.4. The van der Waals surface area contributed by atoms with E-state index in [-0.39, 0.29) is 9.79 Å². The maximum absolute atomic E-state index is 10.5. The summed E-state index contributed by atoms with van der Waals surface area (Å²) in [6.45, 7) is 6.33. The number of hydrogen-bond donors (Lipinski definition) is 3. The van der Waals surface area contributed by atoms with Crippen LogP contribution in [0, 0.1) is 13.8 Å². The minimum Gasteiger partial charge on any atom is -0.331 e. The molecule has 0 atom stereocenters. The Labute approximate surface area is 149 Å². The van der Waals surface area contributed by atoms with Gasteiger partial charge in [-0.15, -0.1) is 0 Å². The Bertz CT molecular complexity index is 769. The average Bonchev–Trinajstić information content (AvgIpc) is 2.47. The first-order valence-electron chi connectivity index (χ1n) is 7.20. The van der Waals surface area contributed by atoms with E-state index in [9.17, 15) is 16.8 Å². The van der Waals surface area contributed by atoms with E-state index in [0.717, 1.165) is 17.7 Å². The molecular weight excluding hydrogens is 366 g/mol. The molecule has 0 saturated carbocycles. The van der Waals surface area contributed by atoms with Gasteiger partial charge >= 0.3 is 0 Å². The molecule has 9 heteroatoms. The molecule has 0 spiro atoms. The number of benzene rings is 2. The Morgan fingerprint density at radius 3 is 1.08 bits per heavy atom. The van der Waals surface area contributed by atoms with Gasteiger partial charge < -0.3 is 5.73 Å². The van der Waals surface area contributed by atoms with Crippen LogP contribution in [0.3, 0.4) is 0 Å². The van der Waals surface area contributed by atoms with Crippen molar-refractivity contribution in [2.24, 2.45) is 5.73 Å². The lowest BCUT2D eigenvalue weighted by atomic mass is 10.2. The predicted molar refractivity (Wildman–Crippen MR) is 96.7 cm³/mol. The molecule has 2 aromatic rings. The summed E-state index contributed by atoms with van der Waals surface area (Å²) in [7, 11) is -8.04. The summed E-state index contributed by atoms with van der Waals surface area (Å²) in [6.07, 6.45) is 0. The summed E-state index contributed by atoms with van der Waals surface area (Å²) >= 11 is 0. The van der Waals surface area contributed by atoms with Crippen LogP contribution in [0.1, 0.15) is 18.1 Å². The molecule has 0 heterocycles. The van der Waals surface area contributed by atoms with Crippen LogP contribution in [0.4, 0.5) is 0 Å². The summed E-state index contributed by atoms with van der Waals surface area (Å²) in [5, 5.41) is 0. The monoisotopic (exact) mass is 389 g/mol. The molecule has 0 bridgehead atoms. The number of aryl methyl sites for hydroxylation is 2. The summed E-state index contributed by atoms with van der Waals surface area (Å²) in [5.74, 6) is 0. The lowest BCUT2D eigenvalue weighted by molar-refractivity contribution is 0.481. The van der Waals surface area contributed by atoms with Crippen molar-refractivity contribution in [3.8, 4) is 0 Å². The Balaban J connectivity index is 0.000000399. The van der Waals surface area contributed by atoms with Gasteiger partial charge in [-0.05, 0) is 44.7 Å². The van der Waals surface area contributed by atoms with E-state index in [1.54, 1.807) is 24.3 Å². The van der Waals surface area contributed by atoms with Crippen LogP contribution >= 0.6 is 0 Å². The van der Waals surface area contributed by atoms with Crippen molar-refractivity contribution in [1.29, 1.82) is 0 Å². The van der Waals surface area contributed by atoms with E-state index in [1.807, 2.05) is 20.8 Å². The second-order valence-corrected chi connectivity index (χ2v) is 7.83. The SMILES string of the molecule is CCN.Cc1ccc(S(=O)(=O)O)cc1.Cc1ccc(S(=O)(=O)O)cc1. The zero-order valence-electron chi connectivity index (χ0n) is 14.2. The largest absolute Gasteiger partial charge is 0.331 e. The Morgan fingerprint density at radius 1 is 0.720 bits per heavy atom. The Hall–Kier alpha value is -1.78. The van der Waals surface area contributed by atoms with Crippen LogP contribution < -0.4 is 5.73 Å². The highest BCUT2D eigenvalue weighted by molar-refractivity contribution is 7.86. The van der Waals surface area contributed by atoms with E-state index in [1.165, 1.54) is 24.3 Å². The smallest absolute Gasteiger partial charge is 0.294 e. The van der Waals surface area contributed by atoms with Gasteiger partial charge in [0, 0.05) is 0 Å². The molecule has 0 aliphatic carbocycles. The van der Waals surface area contributed by atoms with E-state index in [0.29, 0.717) is 0 Å². The highest BCUT2D eigenvalue weighted by Gasteiger charge is 2.07. The molecule has 140 valence electrons. The average molecular weight is 389 g/mol. The molecule has 0 aromatic heterocycles. The molecular formula is C16H23NO6S2. The second-order valence-electron chi connectivity index (χ2n) is 4.98. The molecule has 0 fully saturated rings. The van der Waals surface area contributed by atoms with Crippen LogP contribution in [0.25, 0.3) is 0 Å². The van der Waals surface area contributed by atoms with Crippen molar-refractivity contribution in [3.63, 3.8) is 0 Å². The zero-order valence-corrected chi connectivity index (χ0v) is 15.9. The van der Waals surface area contributed by atoms with Gasteiger partial charge in [-0.3, -0.25) is 9.11 Å². The second kappa shape index (κ2) is 10.3. The minimum atomic E-state index is -4.02. The summed E-state index contributed by atoms with van der Waals surface area (Å²) in [4.78, 5) is -0.133. The van der Waals surface area contributed by atoms with Crippen LogP contribution in [-0.2, 0) is 20.2 Å². The van der Waals surface area contributed by atoms with Crippen molar-refractivity contribution >= 4 is 20.2 Å². The van der Waals surface area contributed by atoms with Crippen molar-refractivity contribution in [3.05, 3.63) is 59.7 Å². The third-order valence-corrected chi connectivity index (χ3v) is 4.37. The van der Waals surface area contributed by atoms with Crippen LogP contribution in [0.5, 0.6) is 0 Å². The molecule has 2 rings (SSSR count). The van der Waals surface area contributed by atoms with Crippen LogP contribution in [0.15, 0.2) is 58.3 Å². The van der Waals surface area contributed by atoms with Gasteiger partial charge in [0.15, 0.2) is 0 Å². The normalized spacial score (nSPS) is 10.8. The van der Waals surface area contributed by atoms with Gasteiger partial charge in [0.1, 0.15) is 0 Å². The number of hydrogen-bond acceptors (Lipinski definition) is 5. The third kappa shape index (κ3) is 9.95. The minimum absolute atomic E-state index is 0.0666. The van der Waals surface area contributed by atoms with Gasteiger partial charge in [0.2, 0.25) is 0 Å². The van der Waals surface area contributed by atoms with Crippen molar-refractivity contribution in [1.82, 2.24) is 0 Å². The molecule has 0 amide bonds. The van der Waals surface area contributed by atoms with E-state index in [4.69, 9.17) is 14.8 Å². The van der Waals surface area contributed by atoms with Gasteiger partial charge in [0.05, 0.1) is 9.79 Å². The number of nitrogens with two attached hydrogens (primary N) is 1. The van der Waals surface area contributed by atoms with Gasteiger partial charge in [-0.1, -0.05) is 42.3 Å². The summed E-state index contributed by atoms with van der Waals surface area (Å²) < 4.78 is 59.1. The molecule has 0 aliphatic rings. The molecule has 2 aromatic carbocycles. The molecule has 0 aliphatic heterocycles. The Kier molecular flexibility index (Phi) is 9.53. The lowest BCUT2D eigenvalue weighted by Crippen LogP contribution is -1.96.